The molecule has 1 aromatic heterocycles. The summed E-state index contributed by atoms with van der Waals surface area (Å²) in [6.07, 6.45) is 3.77. The van der Waals surface area contributed by atoms with Crippen LogP contribution in [0.25, 0.3) is 0 Å². The number of hydrogen-bond acceptors (Lipinski definition) is 4. The molecule has 0 unspecified atom stereocenters. The molecule has 0 spiro atoms. The van der Waals surface area contributed by atoms with E-state index in [-0.39, 0.29) is 12.1 Å². The van der Waals surface area contributed by atoms with E-state index in [0.717, 1.165) is 19.6 Å². The number of likely N-dealkylation sites (tertiary alicyclic amines) is 1. The highest BCUT2D eigenvalue weighted by Gasteiger charge is 2.32. The van der Waals surface area contributed by atoms with Crippen molar-refractivity contribution < 1.29 is 5.11 Å². The molecule has 1 saturated heterocycles. The quantitative estimate of drug-likeness (QED) is 0.851. The Balaban J connectivity index is 1.94. The summed E-state index contributed by atoms with van der Waals surface area (Å²) in [7, 11) is 4.04. The number of likely N-dealkylation sites (N-methyl/N-ethyl adjacent to an activating group) is 1. The highest BCUT2D eigenvalue weighted by Crippen LogP contribution is 2.17. The van der Waals surface area contributed by atoms with Crippen molar-refractivity contribution in [3.05, 3.63) is 18.0 Å². The summed E-state index contributed by atoms with van der Waals surface area (Å²) >= 11 is 0. The van der Waals surface area contributed by atoms with Crippen LogP contribution in [0.5, 0.6) is 0 Å². The normalized spacial score (nSPS) is 25.5. The van der Waals surface area contributed by atoms with Crippen LogP contribution in [0.4, 0.5) is 0 Å². The summed E-state index contributed by atoms with van der Waals surface area (Å²) in [6.45, 7) is 6.78. The lowest BCUT2D eigenvalue weighted by Gasteiger charge is -2.21. The predicted octanol–water partition coefficient (Wildman–Crippen LogP) is 0.571. The van der Waals surface area contributed by atoms with Gasteiger partial charge in [0, 0.05) is 43.5 Å². The zero-order chi connectivity index (χ0) is 13.3. The first-order valence-corrected chi connectivity index (χ1v) is 6.57. The van der Waals surface area contributed by atoms with Gasteiger partial charge >= 0.3 is 0 Å². The van der Waals surface area contributed by atoms with E-state index >= 15 is 0 Å². The third-order valence-corrected chi connectivity index (χ3v) is 3.59. The zero-order valence-electron chi connectivity index (χ0n) is 11.7. The Morgan fingerprint density at radius 2 is 2.17 bits per heavy atom. The van der Waals surface area contributed by atoms with Crippen LogP contribution in [0, 0.1) is 0 Å². The largest absolute Gasteiger partial charge is 0.390 e. The van der Waals surface area contributed by atoms with Crippen molar-refractivity contribution >= 4 is 0 Å². The molecule has 1 fully saturated rings. The van der Waals surface area contributed by atoms with Gasteiger partial charge in [-0.15, -0.1) is 0 Å². The Labute approximate surface area is 109 Å². The molecule has 2 heterocycles. The van der Waals surface area contributed by atoms with Crippen LogP contribution in [-0.2, 0) is 6.54 Å². The molecule has 0 amide bonds. The highest BCUT2D eigenvalue weighted by molar-refractivity contribution is 5.05. The minimum Gasteiger partial charge on any atom is -0.390 e. The number of nitrogens with zero attached hydrogens (tertiary/aromatic N) is 4. The Bertz CT molecular complexity index is 388. The second-order valence-electron chi connectivity index (χ2n) is 5.71. The number of β-amino-alcohol motifs (C(OH)–C–C–N with tert-alkyl or cyclic N) is 1. The molecule has 0 aliphatic carbocycles. The second kappa shape index (κ2) is 5.38. The first kappa shape index (κ1) is 13.5. The van der Waals surface area contributed by atoms with Crippen LogP contribution in [0.1, 0.15) is 25.5 Å². The molecule has 1 aliphatic rings. The maximum atomic E-state index is 10.00. The maximum Gasteiger partial charge on any atom is 0.0834 e. The molecular formula is C13H24N4O. The first-order valence-electron chi connectivity index (χ1n) is 6.57. The van der Waals surface area contributed by atoms with Crippen LogP contribution in [0.2, 0.25) is 0 Å². The van der Waals surface area contributed by atoms with Gasteiger partial charge in [-0.1, -0.05) is 0 Å². The molecule has 102 valence electrons. The molecule has 2 atom stereocenters. The van der Waals surface area contributed by atoms with E-state index in [9.17, 15) is 5.11 Å². The maximum absolute atomic E-state index is 10.00. The molecule has 1 N–H and O–H groups in total. The number of hydrogen-bond donors (Lipinski definition) is 1. The van der Waals surface area contributed by atoms with Gasteiger partial charge in [-0.3, -0.25) is 9.58 Å². The highest BCUT2D eigenvalue weighted by atomic mass is 16.3. The summed E-state index contributed by atoms with van der Waals surface area (Å²) in [5.74, 6) is 0. The van der Waals surface area contributed by atoms with Crippen LogP contribution >= 0.6 is 0 Å². The number of rotatable bonds is 4. The molecule has 18 heavy (non-hydrogen) atoms. The lowest BCUT2D eigenvalue weighted by atomic mass is 10.2. The van der Waals surface area contributed by atoms with Crippen LogP contribution in [0.3, 0.4) is 0 Å². The molecule has 2 rings (SSSR count). The molecule has 0 bridgehead atoms. The van der Waals surface area contributed by atoms with E-state index in [1.165, 1.54) is 5.56 Å². The van der Waals surface area contributed by atoms with Crippen molar-refractivity contribution in [1.29, 1.82) is 0 Å². The first-order chi connectivity index (χ1) is 8.47. The zero-order valence-corrected chi connectivity index (χ0v) is 11.7. The third-order valence-electron chi connectivity index (χ3n) is 3.59. The molecule has 5 nitrogen and oxygen atoms in total. The van der Waals surface area contributed by atoms with Crippen molar-refractivity contribution in [3.63, 3.8) is 0 Å². The lowest BCUT2D eigenvalue weighted by Crippen LogP contribution is -2.37. The summed E-state index contributed by atoms with van der Waals surface area (Å²) in [5.41, 5.74) is 1.22. The van der Waals surface area contributed by atoms with Gasteiger partial charge < -0.3 is 10.0 Å². The van der Waals surface area contributed by atoms with Gasteiger partial charge in [-0.25, -0.2) is 0 Å². The summed E-state index contributed by atoms with van der Waals surface area (Å²) in [4.78, 5) is 4.39. The van der Waals surface area contributed by atoms with Gasteiger partial charge in [0.25, 0.3) is 0 Å². The SMILES string of the molecule is CC(C)n1cc(CN2C[C@@H](O)[C@H](N(C)C)C2)cn1. The van der Waals surface area contributed by atoms with Gasteiger partial charge in [0.05, 0.1) is 12.3 Å². The van der Waals surface area contributed by atoms with Crippen LogP contribution in [0.15, 0.2) is 12.4 Å². The van der Waals surface area contributed by atoms with Gasteiger partial charge in [0.15, 0.2) is 0 Å². The topological polar surface area (TPSA) is 44.5 Å². The van der Waals surface area contributed by atoms with E-state index in [1.807, 2.05) is 25.0 Å². The summed E-state index contributed by atoms with van der Waals surface area (Å²) in [6, 6.07) is 0.641. The Kier molecular flexibility index (Phi) is 4.04. The number of aromatic nitrogens is 2. The fraction of sp³-hybridized carbons (Fsp3) is 0.769. The molecule has 0 saturated carbocycles. The molecule has 0 aromatic carbocycles. The van der Waals surface area contributed by atoms with Crippen molar-refractivity contribution in [2.75, 3.05) is 27.2 Å². The molecular weight excluding hydrogens is 228 g/mol. The van der Waals surface area contributed by atoms with Gasteiger partial charge in [0.2, 0.25) is 0 Å². The van der Waals surface area contributed by atoms with Crippen LogP contribution < -0.4 is 0 Å². The standard InChI is InChI=1S/C13H24N4O/c1-10(2)17-7-11(5-14-17)6-16-8-12(15(3)4)13(18)9-16/h5,7,10,12-13,18H,6,8-9H2,1-4H3/t12-,13-/m1/s1. The van der Waals surface area contributed by atoms with Gasteiger partial charge in [-0.2, -0.15) is 5.10 Å². The predicted molar refractivity (Wildman–Crippen MR) is 71.4 cm³/mol. The van der Waals surface area contributed by atoms with E-state index in [1.54, 1.807) is 0 Å². The van der Waals surface area contributed by atoms with Crippen LogP contribution in [-0.4, -0.2) is 64.0 Å². The minimum atomic E-state index is -0.250. The molecule has 1 aromatic rings. The smallest absolute Gasteiger partial charge is 0.0834 e. The fourth-order valence-corrected chi connectivity index (χ4v) is 2.48. The molecule has 0 radical (unpaired) electrons. The Hall–Kier alpha value is -0.910. The minimum absolute atomic E-state index is 0.241. The van der Waals surface area contributed by atoms with Crippen molar-refractivity contribution in [2.45, 2.75) is 38.6 Å². The second-order valence-corrected chi connectivity index (χ2v) is 5.71. The van der Waals surface area contributed by atoms with Gasteiger partial charge in [0.1, 0.15) is 0 Å². The Morgan fingerprint density at radius 1 is 1.44 bits per heavy atom. The fourth-order valence-electron chi connectivity index (χ4n) is 2.48. The van der Waals surface area contributed by atoms with E-state index in [4.69, 9.17) is 0 Å². The summed E-state index contributed by atoms with van der Waals surface area (Å²) < 4.78 is 1.98. The Morgan fingerprint density at radius 3 is 2.67 bits per heavy atom. The van der Waals surface area contributed by atoms with Gasteiger partial charge in [-0.05, 0) is 27.9 Å². The monoisotopic (exact) mass is 252 g/mol. The number of aliphatic hydroxyl groups excluding tert-OH is 1. The number of aliphatic hydroxyl groups is 1. The average molecular weight is 252 g/mol. The molecule has 5 heteroatoms. The van der Waals surface area contributed by atoms with Crippen molar-refractivity contribution in [1.82, 2.24) is 19.6 Å². The van der Waals surface area contributed by atoms with Crippen molar-refractivity contribution in [2.24, 2.45) is 0 Å². The third kappa shape index (κ3) is 2.91. The van der Waals surface area contributed by atoms with E-state index < -0.39 is 0 Å². The van der Waals surface area contributed by atoms with E-state index in [2.05, 4.69) is 34.9 Å². The van der Waals surface area contributed by atoms with E-state index in [0.29, 0.717) is 6.04 Å². The summed E-state index contributed by atoms with van der Waals surface area (Å²) in [5, 5.41) is 14.3. The lowest BCUT2D eigenvalue weighted by molar-refractivity contribution is 0.112. The van der Waals surface area contributed by atoms with Crippen molar-refractivity contribution in [3.8, 4) is 0 Å². The average Bonchev–Trinajstić information content (AvgIpc) is 2.86. The molecule has 1 aliphatic heterocycles.